The Hall–Kier alpha value is -3.98. The van der Waals surface area contributed by atoms with Gasteiger partial charge >= 0.3 is 0 Å². The normalized spacial score (nSPS) is 13.6. The van der Waals surface area contributed by atoms with Crippen LogP contribution in [0.4, 0.5) is 21.6 Å². The number of aliphatic hydroxyl groups is 1. The fraction of sp³-hybridized carbons (Fsp3) is 0.296. The number of benzene rings is 2. The van der Waals surface area contributed by atoms with Crippen LogP contribution in [0.2, 0.25) is 0 Å². The van der Waals surface area contributed by atoms with E-state index < -0.39 is 11.4 Å². The third-order valence-corrected chi connectivity index (χ3v) is 6.00. The van der Waals surface area contributed by atoms with Crippen LogP contribution in [0.25, 0.3) is 16.9 Å². The molecule has 186 valence electrons. The smallest absolute Gasteiger partial charge is 0.251 e. The van der Waals surface area contributed by atoms with Crippen molar-refractivity contribution >= 4 is 28.7 Å². The average Bonchev–Trinajstić information content (AvgIpc) is 3.53. The minimum absolute atomic E-state index is 0.0627. The Bertz CT molecular complexity index is 1440. The van der Waals surface area contributed by atoms with Crippen molar-refractivity contribution in [1.29, 1.82) is 0 Å². The van der Waals surface area contributed by atoms with Crippen LogP contribution in [-0.4, -0.2) is 43.8 Å². The number of amides is 1. The molecule has 4 aromatic rings. The Morgan fingerprint density at radius 2 is 1.94 bits per heavy atom. The standard InChI is InChI=1S/C27H29FN6O2/c1-16-12-17(8-11-19(16)26(35)31-18-9-10-18)23-14-29-25-22(30-15-27(2,3)36)13-24(33-34(23)25)32-21-7-5-4-6-20(21)28/h4-8,11-14,18,30,36H,9-10,15H2,1-3H3,(H,31,35)(H,32,33). The van der Waals surface area contributed by atoms with E-state index in [0.29, 0.717) is 34.1 Å². The Balaban J connectivity index is 1.54. The first-order valence-electron chi connectivity index (χ1n) is 12.0. The fourth-order valence-electron chi connectivity index (χ4n) is 3.94. The summed E-state index contributed by atoms with van der Waals surface area (Å²) in [6.45, 7) is 5.59. The first-order valence-corrected chi connectivity index (χ1v) is 12.0. The van der Waals surface area contributed by atoms with Crippen LogP contribution in [0.15, 0.2) is 54.7 Å². The number of carbonyl (C=O) groups is 1. The Kier molecular flexibility index (Phi) is 6.09. The number of nitrogens with one attached hydrogen (secondary N) is 3. The van der Waals surface area contributed by atoms with Crippen molar-refractivity contribution in [2.75, 3.05) is 17.2 Å². The SMILES string of the molecule is Cc1cc(-c2cnc3c(NCC(C)(C)O)cc(Nc4ccccc4F)nn23)ccc1C(=O)NC1CC1. The number of imidazole rings is 1. The van der Waals surface area contributed by atoms with Gasteiger partial charge < -0.3 is 21.1 Å². The van der Waals surface area contributed by atoms with E-state index in [0.717, 1.165) is 24.0 Å². The third-order valence-electron chi connectivity index (χ3n) is 6.00. The zero-order valence-corrected chi connectivity index (χ0v) is 20.5. The molecule has 0 saturated heterocycles. The van der Waals surface area contributed by atoms with Gasteiger partial charge in [-0.25, -0.2) is 13.9 Å². The van der Waals surface area contributed by atoms with E-state index in [-0.39, 0.29) is 18.5 Å². The maximum Gasteiger partial charge on any atom is 0.251 e. The van der Waals surface area contributed by atoms with Gasteiger partial charge in [0.1, 0.15) is 5.82 Å². The largest absolute Gasteiger partial charge is 0.389 e. The van der Waals surface area contributed by atoms with Crippen LogP contribution in [0.3, 0.4) is 0 Å². The van der Waals surface area contributed by atoms with E-state index in [1.54, 1.807) is 48.8 Å². The molecule has 2 heterocycles. The zero-order chi connectivity index (χ0) is 25.4. The molecular weight excluding hydrogens is 459 g/mol. The van der Waals surface area contributed by atoms with Gasteiger partial charge in [0.05, 0.1) is 28.9 Å². The van der Waals surface area contributed by atoms with Crippen molar-refractivity contribution in [3.8, 4) is 11.3 Å². The molecule has 1 amide bonds. The van der Waals surface area contributed by atoms with Crippen LogP contribution < -0.4 is 16.0 Å². The molecule has 0 aliphatic heterocycles. The molecule has 5 rings (SSSR count). The van der Waals surface area contributed by atoms with Gasteiger partial charge in [-0.2, -0.15) is 0 Å². The molecular formula is C27H29FN6O2. The number of hydrogen-bond acceptors (Lipinski definition) is 6. The van der Waals surface area contributed by atoms with E-state index in [9.17, 15) is 14.3 Å². The molecule has 0 atom stereocenters. The zero-order valence-electron chi connectivity index (χ0n) is 20.5. The van der Waals surface area contributed by atoms with Gasteiger partial charge in [0.25, 0.3) is 5.91 Å². The lowest BCUT2D eigenvalue weighted by molar-refractivity contribution is 0.0940. The molecule has 36 heavy (non-hydrogen) atoms. The van der Waals surface area contributed by atoms with Gasteiger partial charge in [0.2, 0.25) is 0 Å². The molecule has 1 fully saturated rings. The van der Waals surface area contributed by atoms with Crippen LogP contribution in [-0.2, 0) is 0 Å². The Morgan fingerprint density at radius 1 is 1.17 bits per heavy atom. The summed E-state index contributed by atoms with van der Waals surface area (Å²) in [6, 6.07) is 14.0. The molecule has 1 saturated carbocycles. The van der Waals surface area contributed by atoms with Gasteiger partial charge in [-0.3, -0.25) is 4.79 Å². The minimum atomic E-state index is -0.956. The lowest BCUT2D eigenvalue weighted by atomic mass is 10.0. The van der Waals surface area contributed by atoms with Crippen LogP contribution >= 0.6 is 0 Å². The number of fused-ring (bicyclic) bond motifs is 1. The topological polar surface area (TPSA) is 104 Å². The lowest BCUT2D eigenvalue weighted by Gasteiger charge is -2.19. The number of nitrogens with zero attached hydrogens (tertiary/aromatic N) is 3. The summed E-state index contributed by atoms with van der Waals surface area (Å²) in [5, 5.41) is 24.2. The van der Waals surface area contributed by atoms with E-state index in [4.69, 9.17) is 0 Å². The second kappa shape index (κ2) is 9.23. The molecule has 9 heteroatoms. The summed E-state index contributed by atoms with van der Waals surface area (Å²) in [5.74, 6) is -0.0542. The summed E-state index contributed by atoms with van der Waals surface area (Å²) in [4.78, 5) is 17.1. The minimum Gasteiger partial charge on any atom is -0.389 e. The van der Waals surface area contributed by atoms with Crippen LogP contribution in [0.5, 0.6) is 0 Å². The number of aromatic nitrogens is 3. The van der Waals surface area contributed by atoms with Gasteiger partial charge in [-0.05, 0) is 63.4 Å². The lowest BCUT2D eigenvalue weighted by Crippen LogP contribution is -2.29. The van der Waals surface area contributed by atoms with Gasteiger partial charge in [0.15, 0.2) is 11.5 Å². The molecule has 0 unspecified atom stereocenters. The van der Waals surface area contributed by atoms with E-state index in [1.807, 2.05) is 25.1 Å². The van der Waals surface area contributed by atoms with Crippen molar-refractivity contribution < 1.29 is 14.3 Å². The van der Waals surface area contributed by atoms with E-state index in [1.165, 1.54) is 6.07 Å². The maximum atomic E-state index is 14.3. The summed E-state index contributed by atoms with van der Waals surface area (Å²) >= 11 is 0. The van der Waals surface area contributed by atoms with Crippen LogP contribution in [0.1, 0.15) is 42.6 Å². The number of carbonyl (C=O) groups excluding carboxylic acids is 1. The Morgan fingerprint density at radius 3 is 2.64 bits per heavy atom. The molecule has 1 aliphatic carbocycles. The molecule has 0 spiro atoms. The highest BCUT2D eigenvalue weighted by Gasteiger charge is 2.24. The van der Waals surface area contributed by atoms with Gasteiger partial charge in [-0.15, -0.1) is 5.10 Å². The predicted octanol–water partition coefficient (Wildman–Crippen LogP) is 4.66. The summed E-state index contributed by atoms with van der Waals surface area (Å²) in [7, 11) is 0. The number of rotatable bonds is 8. The van der Waals surface area contributed by atoms with Crippen molar-refractivity contribution in [3.63, 3.8) is 0 Å². The molecule has 4 N–H and O–H groups in total. The quantitative estimate of drug-likeness (QED) is 0.288. The molecule has 2 aromatic heterocycles. The van der Waals surface area contributed by atoms with E-state index in [2.05, 4.69) is 26.0 Å². The van der Waals surface area contributed by atoms with Crippen LogP contribution in [0, 0.1) is 12.7 Å². The Labute approximate surface area is 208 Å². The highest BCUT2D eigenvalue weighted by atomic mass is 19.1. The number of hydrogen-bond donors (Lipinski definition) is 4. The molecule has 0 bridgehead atoms. The number of para-hydroxylation sites is 1. The van der Waals surface area contributed by atoms with Crippen molar-refractivity contribution in [2.24, 2.45) is 0 Å². The fourth-order valence-corrected chi connectivity index (χ4v) is 3.94. The van der Waals surface area contributed by atoms with Crippen molar-refractivity contribution in [2.45, 2.75) is 45.3 Å². The molecule has 8 nitrogen and oxygen atoms in total. The van der Waals surface area contributed by atoms with E-state index >= 15 is 0 Å². The number of anilines is 3. The first-order chi connectivity index (χ1) is 17.2. The predicted molar refractivity (Wildman–Crippen MR) is 138 cm³/mol. The first kappa shape index (κ1) is 23.7. The maximum absolute atomic E-state index is 14.3. The molecule has 0 radical (unpaired) electrons. The molecule has 1 aliphatic rings. The monoisotopic (exact) mass is 488 g/mol. The average molecular weight is 489 g/mol. The second-order valence-corrected chi connectivity index (χ2v) is 9.87. The summed E-state index contributed by atoms with van der Waals surface area (Å²) in [5.41, 5.74) is 3.57. The van der Waals surface area contributed by atoms with Crippen molar-refractivity contribution in [1.82, 2.24) is 19.9 Å². The molecule has 2 aromatic carbocycles. The number of halogens is 1. The van der Waals surface area contributed by atoms with Gasteiger partial charge in [0, 0.05) is 29.8 Å². The summed E-state index contributed by atoms with van der Waals surface area (Å²) in [6.07, 6.45) is 3.77. The second-order valence-electron chi connectivity index (χ2n) is 9.87. The van der Waals surface area contributed by atoms with Gasteiger partial charge in [-0.1, -0.05) is 18.2 Å². The van der Waals surface area contributed by atoms with Crippen molar-refractivity contribution in [3.05, 3.63) is 71.7 Å². The summed E-state index contributed by atoms with van der Waals surface area (Å²) < 4.78 is 16.0. The number of aryl methyl sites for hydroxylation is 1. The highest BCUT2D eigenvalue weighted by Crippen LogP contribution is 2.29. The third kappa shape index (κ3) is 5.16. The highest BCUT2D eigenvalue weighted by molar-refractivity contribution is 5.96.